The number of likely N-dealkylation sites (tertiary alicyclic amines) is 1. The lowest BCUT2D eigenvalue weighted by Gasteiger charge is -2.23. The van der Waals surface area contributed by atoms with Gasteiger partial charge in [0.15, 0.2) is 0 Å². The molecule has 106 valence electrons. The lowest BCUT2D eigenvalue weighted by Crippen LogP contribution is -2.37. The van der Waals surface area contributed by atoms with E-state index in [1.54, 1.807) is 6.33 Å². The molecular formula is C15H19N3O2. The predicted molar refractivity (Wildman–Crippen MR) is 76.2 cm³/mol. The number of imidazole rings is 1. The Bertz CT molecular complexity index is 608. The van der Waals surface area contributed by atoms with E-state index >= 15 is 0 Å². The van der Waals surface area contributed by atoms with Gasteiger partial charge in [-0.3, -0.25) is 4.79 Å². The van der Waals surface area contributed by atoms with E-state index in [1.165, 1.54) is 0 Å². The lowest BCUT2D eigenvalue weighted by atomic mass is 10.2. The zero-order valence-corrected chi connectivity index (χ0v) is 11.4. The van der Waals surface area contributed by atoms with Crippen LogP contribution in [0.15, 0.2) is 30.6 Å². The van der Waals surface area contributed by atoms with Gasteiger partial charge in [0.2, 0.25) is 5.91 Å². The molecule has 0 saturated carbocycles. The van der Waals surface area contributed by atoms with E-state index in [1.807, 2.05) is 33.7 Å². The second-order valence-electron chi connectivity index (χ2n) is 5.24. The highest BCUT2D eigenvalue weighted by atomic mass is 16.3. The minimum atomic E-state index is 0.0158. The zero-order chi connectivity index (χ0) is 13.9. The van der Waals surface area contributed by atoms with Crippen LogP contribution in [0.2, 0.25) is 0 Å². The van der Waals surface area contributed by atoms with E-state index in [0.717, 1.165) is 30.4 Å². The fraction of sp³-hybridized carbons (Fsp3) is 0.467. The van der Waals surface area contributed by atoms with E-state index in [0.29, 0.717) is 13.0 Å². The molecule has 2 heterocycles. The van der Waals surface area contributed by atoms with Gasteiger partial charge in [-0.2, -0.15) is 0 Å². The van der Waals surface area contributed by atoms with Crippen LogP contribution in [-0.2, 0) is 11.3 Å². The van der Waals surface area contributed by atoms with Crippen LogP contribution in [0.25, 0.3) is 11.0 Å². The summed E-state index contributed by atoms with van der Waals surface area (Å²) in [7, 11) is 0. The standard InChI is InChI=1S/C15H19N3O2/c19-10-12-4-3-8-18(12)15(20)7-9-17-11-16-13-5-1-2-6-14(13)17/h1-2,5-6,11-12,19H,3-4,7-10H2. The van der Waals surface area contributed by atoms with Gasteiger partial charge in [0.1, 0.15) is 0 Å². The number of nitrogens with zero attached hydrogens (tertiary/aromatic N) is 3. The Morgan fingerprint density at radius 1 is 1.40 bits per heavy atom. The van der Waals surface area contributed by atoms with Gasteiger partial charge in [-0.25, -0.2) is 4.98 Å². The summed E-state index contributed by atoms with van der Waals surface area (Å²) in [6, 6.07) is 7.93. The number of aromatic nitrogens is 2. The molecule has 1 fully saturated rings. The quantitative estimate of drug-likeness (QED) is 0.916. The molecule has 0 radical (unpaired) electrons. The Morgan fingerprint density at radius 2 is 2.25 bits per heavy atom. The van der Waals surface area contributed by atoms with Crippen molar-refractivity contribution in [2.75, 3.05) is 13.2 Å². The number of amides is 1. The van der Waals surface area contributed by atoms with Crippen LogP contribution < -0.4 is 0 Å². The van der Waals surface area contributed by atoms with Crippen molar-refractivity contribution in [3.63, 3.8) is 0 Å². The Balaban J connectivity index is 1.66. The van der Waals surface area contributed by atoms with E-state index in [4.69, 9.17) is 0 Å². The fourth-order valence-electron chi connectivity index (χ4n) is 2.90. The van der Waals surface area contributed by atoms with E-state index in [9.17, 15) is 9.90 Å². The minimum Gasteiger partial charge on any atom is -0.394 e. The van der Waals surface area contributed by atoms with E-state index < -0.39 is 0 Å². The second-order valence-corrected chi connectivity index (χ2v) is 5.24. The molecule has 1 atom stereocenters. The Kier molecular flexibility index (Phi) is 3.69. The van der Waals surface area contributed by atoms with Crippen LogP contribution in [0.1, 0.15) is 19.3 Å². The molecule has 1 amide bonds. The van der Waals surface area contributed by atoms with Crippen LogP contribution in [-0.4, -0.2) is 44.7 Å². The maximum Gasteiger partial charge on any atom is 0.224 e. The molecule has 20 heavy (non-hydrogen) atoms. The molecule has 0 aliphatic carbocycles. The Morgan fingerprint density at radius 3 is 3.10 bits per heavy atom. The van der Waals surface area contributed by atoms with Gasteiger partial charge < -0.3 is 14.6 Å². The number of aliphatic hydroxyl groups excluding tert-OH is 1. The lowest BCUT2D eigenvalue weighted by molar-refractivity contribution is -0.132. The SMILES string of the molecule is O=C(CCn1cnc2ccccc21)N1CCCC1CO. The van der Waals surface area contributed by atoms with Crippen LogP contribution in [0.4, 0.5) is 0 Å². The van der Waals surface area contributed by atoms with Crippen LogP contribution in [0.3, 0.4) is 0 Å². The molecule has 1 aromatic carbocycles. The molecule has 1 saturated heterocycles. The summed E-state index contributed by atoms with van der Waals surface area (Å²) in [6.07, 6.45) is 4.14. The third-order valence-corrected chi connectivity index (χ3v) is 4.00. The molecule has 1 aliphatic rings. The summed E-state index contributed by atoms with van der Waals surface area (Å²) >= 11 is 0. The van der Waals surface area contributed by atoms with E-state index in [2.05, 4.69) is 4.98 Å². The van der Waals surface area contributed by atoms with Crippen molar-refractivity contribution in [1.82, 2.24) is 14.5 Å². The molecule has 1 aliphatic heterocycles. The van der Waals surface area contributed by atoms with E-state index in [-0.39, 0.29) is 18.6 Å². The monoisotopic (exact) mass is 273 g/mol. The van der Waals surface area contributed by atoms with Gasteiger partial charge in [-0.15, -0.1) is 0 Å². The molecule has 0 spiro atoms. The van der Waals surface area contributed by atoms with Crippen LogP contribution in [0, 0.1) is 0 Å². The number of carbonyl (C=O) groups is 1. The number of carbonyl (C=O) groups excluding carboxylic acids is 1. The molecular weight excluding hydrogens is 254 g/mol. The summed E-state index contributed by atoms with van der Waals surface area (Å²) in [5.41, 5.74) is 2.01. The molecule has 1 aromatic heterocycles. The van der Waals surface area contributed by atoms with Gasteiger partial charge in [0, 0.05) is 19.5 Å². The zero-order valence-electron chi connectivity index (χ0n) is 11.4. The van der Waals surface area contributed by atoms with Gasteiger partial charge in [-0.1, -0.05) is 12.1 Å². The number of hydrogen-bond acceptors (Lipinski definition) is 3. The van der Waals surface area contributed by atoms with Crippen molar-refractivity contribution in [3.8, 4) is 0 Å². The summed E-state index contributed by atoms with van der Waals surface area (Å²) in [4.78, 5) is 18.4. The molecule has 1 N–H and O–H groups in total. The first-order chi connectivity index (χ1) is 9.79. The Hall–Kier alpha value is -1.88. The van der Waals surface area contributed by atoms with Crippen molar-refractivity contribution in [3.05, 3.63) is 30.6 Å². The van der Waals surface area contributed by atoms with Gasteiger partial charge >= 0.3 is 0 Å². The van der Waals surface area contributed by atoms with Crippen molar-refractivity contribution in [2.24, 2.45) is 0 Å². The van der Waals surface area contributed by atoms with Crippen LogP contribution in [0.5, 0.6) is 0 Å². The number of aliphatic hydroxyl groups is 1. The first-order valence-corrected chi connectivity index (χ1v) is 7.10. The number of rotatable bonds is 4. The highest BCUT2D eigenvalue weighted by Gasteiger charge is 2.27. The maximum absolute atomic E-state index is 12.2. The van der Waals surface area contributed by atoms with Crippen molar-refractivity contribution < 1.29 is 9.90 Å². The summed E-state index contributed by atoms with van der Waals surface area (Å²) in [5, 5.41) is 9.27. The smallest absolute Gasteiger partial charge is 0.224 e. The normalized spacial score (nSPS) is 18.9. The Labute approximate surface area is 117 Å². The minimum absolute atomic E-state index is 0.0158. The maximum atomic E-state index is 12.2. The average Bonchev–Trinajstić information content (AvgIpc) is 3.11. The third-order valence-electron chi connectivity index (χ3n) is 4.00. The van der Waals surface area contributed by atoms with Crippen molar-refractivity contribution in [2.45, 2.75) is 31.8 Å². The number of benzene rings is 1. The highest BCUT2D eigenvalue weighted by Crippen LogP contribution is 2.18. The molecule has 0 bridgehead atoms. The summed E-state index contributed by atoms with van der Waals surface area (Å²) < 4.78 is 2.01. The number of hydrogen-bond donors (Lipinski definition) is 1. The number of fused-ring (bicyclic) bond motifs is 1. The highest BCUT2D eigenvalue weighted by molar-refractivity contribution is 5.78. The van der Waals surface area contributed by atoms with Crippen molar-refractivity contribution in [1.29, 1.82) is 0 Å². The summed E-state index contributed by atoms with van der Waals surface area (Å²) in [6.45, 7) is 1.47. The number of aryl methyl sites for hydroxylation is 1. The topological polar surface area (TPSA) is 58.4 Å². The molecule has 5 heteroatoms. The van der Waals surface area contributed by atoms with Gasteiger partial charge in [-0.05, 0) is 25.0 Å². The molecule has 2 aromatic rings. The molecule has 1 unspecified atom stereocenters. The first-order valence-electron chi connectivity index (χ1n) is 7.10. The second kappa shape index (κ2) is 5.63. The molecule has 5 nitrogen and oxygen atoms in total. The predicted octanol–water partition coefficient (Wildman–Crippen LogP) is 1.41. The van der Waals surface area contributed by atoms with Gasteiger partial charge in [0.25, 0.3) is 0 Å². The largest absolute Gasteiger partial charge is 0.394 e. The first kappa shape index (κ1) is 13.1. The molecule has 3 rings (SSSR count). The fourth-order valence-corrected chi connectivity index (χ4v) is 2.90. The average molecular weight is 273 g/mol. The third kappa shape index (κ3) is 2.41. The van der Waals surface area contributed by atoms with Gasteiger partial charge in [0.05, 0.1) is 30.0 Å². The number of para-hydroxylation sites is 2. The summed E-state index contributed by atoms with van der Waals surface area (Å²) in [5.74, 6) is 0.124. The van der Waals surface area contributed by atoms with Crippen molar-refractivity contribution >= 4 is 16.9 Å². The van der Waals surface area contributed by atoms with Crippen LogP contribution >= 0.6 is 0 Å².